The van der Waals surface area contributed by atoms with Crippen molar-refractivity contribution in [1.82, 2.24) is 0 Å². The first-order valence-electron chi connectivity index (χ1n) is 8.53. The number of ketones is 1. The Kier molecular flexibility index (Phi) is 3.21. The number of rotatable bonds is 1. The van der Waals surface area contributed by atoms with Crippen LogP contribution >= 0.6 is 0 Å². The largest absolute Gasteiger partial charge is 0.505 e. The van der Waals surface area contributed by atoms with Crippen LogP contribution < -0.4 is 0 Å². The smallest absolute Gasteiger partial charge is 0.310 e. The predicted octanol–water partition coefficient (Wildman–Crippen LogP) is 3.72. The van der Waals surface area contributed by atoms with Gasteiger partial charge in [0.15, 0.2) is 5.76 Å². The number of carbonyl (C=O) groups excluding carboxylic acids is 2. The molecule has 5 atom stereocenters. The third-order valence-electron chi connectivity index (χ3n) is 6.69. The highest BCUT2D eigenvalue weighted by Gasteiger charge is 2.62. The van der Waals surface area contributed by atoms with E-state index in [2.05, 4.69) is 6.92 Å². The summed E-state index contributed by atoms with van der Waals surface area (Å²) in [4.78, 5) is 25.3. The average Bonchev–Trinajstić information content (AvgIpc) is 3.05. The summed E-state index contributed by atoms with van der Waals surface area (Å²) in [5.41, 5.74) is -0.0874. The van der Waals surface area contributed by atoms with Gasteiger partial charge < -0.3 is 14.3 Å². The summed E-state index contributed by atoms with van der Waals surface area (Å²) < 4.78 is 10.8. The second-order valence-electron chi connectivity index (χ2n) is 7.91. The fraction of sp³-hybridized carbons (Fsp3) is 0.579. The van der Waals surface area contributed by atoms with Crippen molar-refractivity contribution >= 4 is 11.8 Å². The Bertz CT molecular complexity index is 718. The predicted molar refractivity (Wildman–Crippen MR) is 84.9 cm³/mol. The number of carbonyl (C=O) groups is 2. The molecule has 5 unspecified atom stereocenters. The molecular weight excluding hydrogens is 308 g/mol. The van der Waals surface area contributed by atoms with Crippen molar-refractivity contribution in [3.63, 3.8) is 0 Å². The van der Waals surface area contributed by atoms with Crippen LogP contribution in [0.1, 0.15) is 51.2 Å². The van der Waals surface area contributed by atoms with Crippen LogP contribution in [0.25, 0.3) is 0 Å². The lowest BCUT2D eigenvalue weighted by molar-refractivity contribution is -0.193. The number of allylic oxidation sites excluding steroid dienone is 2. The summed E-state index contributed by atoms with van der Waals surface area (Å²) in [5, 5.41) is 9.92. The van der Waals surface area contributed by atoms with Crippen LogP contribution in [0.3, 0.4) is 0 Å². The standard InChI is InChI=1S/C19H22O5/c1-18-7-5-12-17(22)24-14(11-6-8-23-10-11)9-19(12,2)15(18)4-3-13(20)16(18)21/h3,6,8,10,12,14-15,20H,4-5,7,9H2,1-2H3. The van der Waals surface area contributed by atoms with E-state index in [0.717, 1.165) is 5.56 Å². The fourth-order valence-corrected chi connectivity index (χ4v) is 5.31. The monoisotopic (exact) mass is 330 g/mol. The van der Waals surface area contributed by atoms with Crippen molar-refractivity contribution in [1.29, 1.82) is 0 Å². The molecule has 1 N–H and O–H groups in total. The van der Waals surface area contributed by atoms with Crippen molar-refractivity contribution in [2.75, 3.05) is 0 Å². The fourth-order valence-electron chi connectivity index (χ4n) is 5.31. The summed E-state index contributed by atoms with van der Waals surface area (Å²) in [7, 11) is 0. The number of fused-ring (bicyclic) bond motifs is 3. The molecular formula is C19H22O5. The second kappa shape index (κ2) is 4.98. The van der Waals surface area contributed by atoms with Crippen LogP contribution in [0.15, 0.2) is 34.8 Å². The van der Waals surface area contributed by atoms with Gasteiger partial charge in [-0.2, -0.15) is 0 Å². The van der Waals surface area contributed by atoms with Crippen LogP contribution in [0.2, 0.25) is 0 Å². The Labute approximate surface area is 140 Å². The molecule has 2 fully saturated rings. The highest BCUT2D eigenvalue weighted by Crippen LogP contribution is 2.63. The lowest BCUT2D eigenvalue weighted by atomic mass is 9.46. The first kappa shape index (κ1) is 15.5. The van der Waals surface area contributed by atoms with Gasteiger partial charge in [0.25, 0.3) is 0 Å². The highest BCUT2D eigenvalue weighted by molar-refractivity contribution is 5.99. The molecule has 3 aliphatic rings. The van der Waals surface area contributed by atoms with Gasteiger partial charge in [-0.3, -0.25) is 9.59 Å². The van der Waals surface area contributed by atoms with E-state index in [1.54, 1.807) is 18.6 Å². The van der Waals surface area contributed by atoms with Gasteiger partial charge in [-0.1, -0.05) is 13.8 Å². The van der Waals surface area contributed by atoms with Gasteiger partial charge in [-0.05, 0) is 49.2 Å². The lowest BCUT2D eigenvalue weighted by Gasteiger charge is -2.58. The molecule has 0 amide bonds. The van der Waals surface area contributed by atoms with Crippen molar-refractivity contribution in [3.05, 3.63) is 36.0 Å². The molecule has 1 saturated carbocycles. The van der Waals surface area contributed by atoms with Gasteiger partial charge in [0, 0.05) is 11.0 Å². The molecule has 1 aliphatic heterocycles. The van der Waals surface area contributed by atoms with Gasteiger partial charge in [0.2, 0.25) is 5.78 Å². The highest BCUT2D eigenvalue weighted by atomic mass is 16.5. The number of esters is 1. The molecule has 0 aromatic carbocycles. The number of aliphatic hydroxyl groups excluding tert-OH is 1. The van der Waals surface area contributed by atoms with Crippen LogP contribution in [0.4, 0.5) is 0 Å². The Morgan fingerprint density at radius 2 is 2.08 bits per heavy atom. The molecule has 2 heterocycles. The van der Waals surface area contributed by atoms with Gasteiger partial charge in [0.1, 0.15) is 6.10 Å². The topological polar surface area (TPSA) is 76.7 Å². The van der Waals surface area contributed by atoms with Gasteiger partial charge in [-0.25, -0.2) is 0 Å². The van der Waals surface area contributed by atoms with Crippen molar-refractivity contribution < 1.29 is 23.8 Å². The van der Waals surface area contributed by atoms with Crippen molar-refractivity contribution in [2.24, 2.45) is 22.7 Å². The SMILES string of the molecule is CC12CCC3C(=O)OC(c4ccoc4)CC3(C)C1CC=C(O)C2=O. The lowest BCUT2D eigenvalue weighted by Crippen LogP contribution is -2.58. The summed E-state index contributed by atoms with van der Waals surface area (Å²) in [6.07, 6.45) is 7.00. The summed E-state index contributed by atoms with van der Waals surface area (Å²) in [6, 6.07) is 1.82. The van der Waals surface area contributed by atoms with E-state index >= 15 is 0 Å². The van der Waals surface area contributed by atoms with Crippen molar-refractivity contribution in [2.45, 2.75) is 45.6 Å². The minimum absolute atomic E-state index is 0.0226. The van der Waals surface area contributed by atoms with Gasteiger partial charge >= 0.3 is 5.97 Å². The molecule has 24 heavy (non-hydrogen) atoms. The summed E-state index contributed by atoms with van der Waals surface area (Å²) in [5.74, 6) is -0.657. The molecule has 0 bridgehead atoms. The molecule has 128 valence electrons. The van der Waals surface area contributed by atoms with E-state index in [-0.39, 0.29) is 40.9 Å². The van der Waals surface area contributed by atoms with Gasteiger partial charge in [0.05, 0.1) is 18.4 Å². The zero-order valence-electron chi connectivity index (χ0n) is 14.0. The van der Waals surface area contributed by atoms with Crippen LogP contribution in [-0.4, -0.2) is 16.9 Å². The molecule has 1 saturated heterocycles. The maximum atomic E-state index is 12.7. The normalized spacial score (nSPS) is 41.9. The minimum atomic E-state index is -0.608. The van der Waals surface area contributed by atoms with Crippen LogP contribution in [-0.2, 0) is 14.3 Å². The summed E-state index contributed by atoms with van der Waals surface area (Å²) >= 11 is 0. The number of hydrogen-bond acceptors (Lipinski definition) is 5. The van der Waals surface area contributed by atoms with E-state index < -0.39 is 5.41 Å². The number of ether oxygens (including phenoxy) is 1. The molecule has 1 aromatic heterocycles. The third kappa shape index (κ3) is 1.93. The van der Waals surface area contributed by atoms with E-state index in [9.17, 15) is 14.7 Å². The average molecular weight is 330 g/mol. The molecule has 0 radical (unpaired) electrons. The van der Waals surface area contributed by atoms with Crippen LogP contribution in [0, 0.1) is 22.7 Å². The molecule has 4 rings (SSSR count). The van der Waals surface area contributed by atoms with Crippen LogP contribution in [0.5, 0.6) is 0 Å². The Hall–Kier alpha value is -2.04. The number of cyclic esters (lactones) is 1. The Balaban J connectivity index is 1.75. The Morgan fingerprint density at radius 1 is 1.29 bits per heavy atom. The minimum Gasteiger partial charge on any atom is -0.505 e. The van der Waals surface area contributed by atoms with E-state index in [4.69, 9.17) is 9.15 Å². The molecule has 5 nitrogen and oxygen atoms in total. The number of hydrogen-bond donors (Lipinski definition) is 1. The molecule has 0 spiro atoms. The molecule has 5 heteroatoms. The Morgan fingerprint density at radius 3 is 2.79 bits per heavy atom. The molecule has 1 aromatic rings. The quantitative estimate of drug-likeness (QED) is 0.794. The number of furan rings is 1. The second-order valence-corrected chi connectivity index (χ2v) is 7.91. The van der Waals surface area contributed by atoms with E-state index in [1.807, 2.05) is 13.0 Å². The zero-order valence-corrected chi connectivity index (χ0v) is 14.0. The van der Waals surface area contributed by atoms with Crippen molar-refractivity contribution in [3.8, 4) is 0 Å². The third-order valence-corrected chi connectivity index (χ3v) is 6.69. The number of aliphatic hydroxyl groups is 1. The zero-order chi connectivity index (χ0) is 17.1. The first-order valence-corrected chi connectivity index (χ1v) is 8.53. The first-order chi connectivity index (χ1) is 11.4. The van der Waals surface area contributed by atoms with Gasteiger partial charge in [-0.15, -0.1) is 0 Å². The maximum Gasteiger partial charge on any atom is 0.310 e. The molecule has 2 aliphatic carbocycles. The van der Waals surface area contributed by atoms with E-state index in [0.29, 0.717) is 25.7 Å². The number of Topliss-reactive ketones (excluding diaryl/α,β-unsaturated/α-hetero) is 1. The van der Waals surface area contributed by atoms with E-state index in [1.165, 1.54) is 0 Å². The summed E-state index contributed by atoms with van der Waals surface area (Å²) in [6.45, 7) is 4.05. The maximum absolute atomic E-state index is 12.7.